The fraction of sp³-hybridized carbons (Fsp3) is 0.667. The molecule has 5 nitrogen and oxygen atoms in total. The minimum absolute atomic E-state index is 0.461. The third-order valence-electron chi connectivity index (χ3n) is 1.01. The number of hydrazone groups is 1. The summed E-state index contributed by atoms with van der Waals surface area (Å²) in [6.07, 6.45) is 0. The molecule has 0 bridgehead atoms. The highest BCUT2D eigenvalue weighted by molar-refractivity contribution is 5.76. The van der Waals surface area contributed by atoms with Crippen LogP contribution in [0.15, 0.2) is 5.10 Å². The highest BCUT2D eigenvalue weighted by Gasteiger charge is 2.05. The van der Waals surface area contributed by atoms with Gasteiger partial charge in [-0.1, -0.05) is 0 Å². The molecule has 1 heterocycles. The number of quaternary nitrogens is 1. The molecular weight excluding hydrogens is 106 g/mol. The quantitative estimate of drug-likeness (QED) is 0.356. The Morgan fingerprint density at radius 3 is 3.00 bits per heavy atom. The van der Waals surface area contributed by atoms with Crippen LogP contribution in [0.2, 0.25) is 0 Å². The largest absolute Gasteiger partial charge is 0.354 e. The van der Waals surface area contributed by atoms with Crippen LogP contribution in [0.1, 0.15) is 0 Å². The molecule has 0 saturated heterocycles. The van der Waals surface area contributed by atoms with E-state index in [1.54, 1.807) is 0 Å². The summed E-state index contributed by atoms with van der Waals surface area (Å²) >= 11 is 0. The van der Waals surface area contributed by atoms with Gasteiger partial charge < -0.3 is 21.8 Å². The maximum atomic E-state index is 5.27. The summed E-state index contributed by atoms with van der Waals surface area (Å²) in [4.78, 5) is 0. The lowest BCUT2D eigenvalue weighted by molar-refractivity contribution is -0.737. The lowest BCUT2D eigenvalue weighted by Gasteiger charge is -2.15. The maximum absolute atomic E-state index is 5.27. The summed E-state index contributed by atoms with van der Waals surface area (Å²) in [5.74, 6) is 0.838. The number of nitrogens with one attached hydrogen (secondary N) is 2. The van der Waals surface area contributed by atoms with Gasteiger partial charge in [-0.2, -0.15) is 0 Å². The average molecular weight is 115 g/mol. The van der Waals surface area contributed by atoms with Crippen molar-refractivity contribution in [1.82, 2.24) is 5.53 Å². The van der Waals surface area contributed by atoms with E-state index in [2.05, 4.69) is 16.2 Å². The molecule has 1 unspecified atom stereocenters. The average Bonchev–Trinajstić information content (AvgIpc) is 2.14. The lowest BCUT2D eigenvalue weighted by atomic mass is 10.6. The first-order valence-corrected chi connectivity index (χ1v) is 2.41. The zero-order chi connectivity index (χ0) is 5.98. The number of likely N-dealkylation sites (N-methyl/N-ethyl adjacent to an activating group) is 1. The molecule has 0 spiro atoms. The Hall–Kier alpha value is -0.650. The van der Waals surface area contributed by atoms with E-state index in [0.717, 1.165) is 10.8 Å². The van der Waals surface area contributed by atoms with E-state index >= 15 is 0 Å². The van der Waals surface area contributed by atoms with Gasteiger partial charge in [-0.25, -0.2) is 0 Å². The third-order valence-corrected chi connectivity index (χ3v) is 1.01. The molecule has 1 aliphatic heterocycles. The van der Waals surface area contributed by atoms with E-state index in [1.807, 2.05) is 7.05 Å². The van der Waals surface area contributed by atoms with Gasteiger partial charge in [0.25, 0.3) is 0 Å². The van der Waals surface area contributed by atoms with Gasteiger partial charge in [-0.3, -0.25) is 0 Å². The summed E-state index contributed by atoms with van der Waals surface area (Å²) < 4.78 is 0. The SMILES string of the molecule is C[NH+]1[N-]NN=C1CN. The summed E-state index contributed by atoms with van der Waals surface area (Å²) in [6, 6.07) is 0. The molecule has 0 aromatic heterocycles. The zero-order valence-corrected chi connectivity index (χ0v) is 4.68. The molecular formula is C3H9N5. The fourth-order valence-electron chi connectivity index (χ4n) is 0.499. The molecule has 0 amide bonds. The Balaban J connectivity index is 2.49. The molecule has 1 atom stereocenters. The molecule has 46 valence electrons. The van der Waals surface area contributed by atoms with Gasteiger partial charge in [-0.05, 0) is 0 Å². The summed E-state index contributed by atoms with van der Waals surface area (Å²) in [5.41, 5.74) is 11.5. The molecule has 0 fully saturated rings. The van der Waals surface area contributed by atoms with Gasteiger partial charge >= 0.3 is 0 Å². The van der Waals surface area contributed by atoms with E-state index in [9.17, 15) is 0 Å². The smallest absolute Gasteiger partial charge is 0.222 e. The van der Waals surface area contributed by atoms with Crippen molar-refractivity contribution >= 4 is 5.84 Å². The Morgan fingerprint density at radius 2 is 2.75 bits per heavy atom. The second-order valence-corrected chi connectivity index (χ2v) is 1.56. The van der Waals surface area contributed by atoms with Crippen LogP contribution in [0.4, 0.5) is 0 Å². The van der Waals surface area contributed by atoms with Crippen molar-refractivity contribution in [1.29, 1.82) is 0 Å². The molecule has 0 aromatic rings. The first-order valence-electron chi connectivity index (χ1n) is 2.41. The Morgan fingerprint density at radius 1 is 2.00 bits per heavy atom. The van der Waals surface area contributed by atoms with E-state index in [1.165, 1.54) is 0 Å². The predicted octanol–water partition coefficient (Wildman–Crippen LogP) is -2.42. The van der Waals surface area contributed by atoms with Crippen molar-refractivity contribution in [3.8, 4) is 0 Å². The number of hydrogen-bond acceptors (Lipinski definition) is 3. The Labute approximate surface area is 47.5 Å². The van der Waals surface area contributed by atoms with Gasteiger partial charge in [0, 0.05) is 0 Å². The highest BCUT2D eigenvalue weighted by atomic mass is 15.8. The Bertz CT molecular complexity index is 108. The second-order valence-electron chi connectivity index (χ2n) is 1.56. The highest BCUT2D eigenvalue weighted by Crippen LogP contribution is 1.73. The molecule has 1 rings (SSSR count). The van der Waals surface area contributed by atoms with Crippen LogP contribution < -0.4 is 16.3 Å². The molecule has 8 heavy (non-hydrogen) atoms. The van der Waals surface area contributed by atoms with E-state index in [-0.39, 0.29) is 0 Å². The number of nitrogens with zero attached hydrogens (tertiary/aromatic N) is 2. The van der Waals surface area contributed by atoms with Crippen LogP contribution in [0.3, 0.4) is 0 Å². The van der Waals surface area contributed by atoms with Crippen molar-refractivity contribution in [3.05, 3.63) is 5.53 Å². The van der Waals surface area contributed by atoms with Crippen molar-refractivity contribution in [2.24, 2.45) is 10.8 Å². The van der Waals surface area contributed by atoms with Gasteiger partial charge in [0.2, 0.25) is 5.84 Å². The van der Waals surface area contributed by atoms with E-state index in [0.29, 0.717) is 6.54 Å². The molecule has 5 heteroatoms. The predicted molar refractivity (Wildman–Crippen MR) is 29.9 cm³/mol. The van der Waals surface area contributed by atoms with Crippen LogP contribution in [-0.2, 0) is 0 Å². The lowest BCUT2D eigenvalue weighted by Crippen LogP contribution is -3.07. The summed E-state index contributed by atoms with van der Waals surface area (Å²) in [7, 11) is 1.87. The molecule has 1 aliphatic rings. The number of nitrogens with two attached hydrogens (primary N) is 1. The minimum Gasteiger partial charge on any atom is -0.354 e. The van der Waals surface area contributed by atoms with Crippen LogP contribution in [0.5, 0.6) is 0 Å². The van der Waals surface area contributed by atoms with Crippen molar-refractivity contribution in [2.45, 2.75) is 0 Å². The van der Waals surface area contributed by atoms with Gasteiger partial charge in [0.15, 0.2) is 0 Å². The monoisotopic (exact) mass is 115 g/mol. The molecule has 4 N–H and O–H groups in total. The molecule has 0 aliphatic carbocycles. The topological polar surface area (TPSA) is 69.0 Å². The van der Waals surface area contributed by atoms with E-state index in [4.69, 9.17) is 5.73 Å². The molecule has 0 aromatic carbocycles. The number of hydrogen-bond donors (Lipinski definition) is 3. The Kier molecular flexibility index (Phi) is 1.43. The minimum atomic E-state index is 0.461. The van der Waals surface area contributed by atoms with Crippen LogP contribution >= 0.6 is 0 Å². The maximum Gasteiger partial charge on any atom is 0.222 e. The van der Waals surface area contributed by atoms with Crippen molar-refractivity contribution in [2.75, 3.05) is 13.6 Å². The first-order chi connectivity index (χ1) is 3.84. The van der Waals surface area contributed by atoms with Crippen LogP contribution in [0.25, 0.3) is 5.53 Å². The third kappa shape index (κ3) is 0.786. The van der Waals surface area contributed by atoms with Gasteiger partial charge in [0.05, 0.1) is 13.6 Å². The summed E-state index contributed by atoms with van der Waals surface area (Å²) in [5, 5.41) is 4.66. The normalized spacial score (nSPS) is 27.2. The molecule has 0 radical (unpaired) electrons. The first kappa shape index (κ1) is 5.49. The fourth-order valence-corrected chi connectivity index (χ4v) is 0.499. The van der Waals surface area contributed by atoms with E-state index < -0.39 is 0 Å². The molecule has 0 saturated carbocycles. The van der Waals surface area contributed by atoms with Crippen molar-refractivity contribution in [3.63, 3.8) is 0 Å². The van der Waals surface area contributed by atoms with Crippen molar-refractivity contribution < 1.29 is 5.01 Å². The van der Waals surface area contributed by atoms with Gasteiger partial charge in [0.1, 0.15) is 0 Å². The standard InChI is InChI=1S/C3H9N5/c1-8-3(2-4)5-6-7-8/h6,8H,2,4H2,1H3. The number of rotatable bonds is 1. The van der Waals surface area contributed by atoms with Gasteiger partial charge in [-0.15, -0.1) is 5.10 Å². The zero-order valence-electron chi connectivity index (χ0n) is 4.68. The van der Waals surface area contributed by atoms with Crippen LogP contribution in [0, 0.1) is 0 Å². The second kappa shape index (κ2) is 2.08. The summed E-state index contributed by atoms with van der Waals surface area (Å²) in [6.45, 7) is 0.461. The number of amidine groups is 1. The van der Waals surface area contributed by atoms with Crippen LogP contribution in [-0.4, -0.2) is 19.4 Å².